The first-order valence-corrected chi connectivity index (χ1v) is 10.3. The van der Waals surface area contributed by atoms with Crippen molar-refractivity contribution in [2.24, 2.45) is 5.92 Å². The fourth-order valence-electron chi connectivity index (χ4n) is 3.77. The third-order valence-corrected chi connectivity index (χ3v) is 5.42. The Balaban J connectivity index is 1.54. The fourth-order valence-corrected chi connectivity index (χ4v) is 3.77. The summed E-state index contributed by atoms with van der Waals surface area (Å²) >= 11 is 0. The summed E-state index contributed by atoms with van der Waals surface area (Å²) in [6.45, 7) is 3.86. The largest absolute Gasteiger partial charge is 0.399 e. The first-order chi connectivity index (χ1) is 14.0. The predicted molar refractivity (Wildman–Crippen MR) is 119 cm³/mol. The Hall–Kier alpha value is -3.08. The van der Waals surface area contributed by atoms with Crippen LogP contribution >= 0.6 is 0 Å². The van der Waals surface area contributed by atoms with Gasteiger partial charge in [0.15, 0.2) is 0 Å². The number of nitrogens with one attached hydrogen (secondary N) is 2. The predicted octanol–water partition coefficient (Wildman–Crippen LogP) is 5.22. The number of amides is 2. The van der Waals surface area contributed by atoms with Crippen molar-refractivity contribution in [1.29, 1.82) is 0 Å². The average molecular weight is 392 g/mol. The maximum absolute atomic E-state index is 12.5. The van der Waals surface area contributed by atoms with Gasteiger partial charge in [0.1, 0.15) is 0 Å². The summed E-state index contributed by atoms with van der Waals surface area (Å²) in [5.74, 6) is 0.387. The Labute approximate surface area is 172 Å². The van der Waals surface area contributed by atoms with Gasteiger partial charge >= 0.3 is 0 Å². The van der Waals surface area contributed by atoms with Gasteiger partial charge in [-0.05, 0) is 48.2 Å². The lowest BCUT2D eigenvalue weighted by Gasteiger charge is -2.21. The van der Waals surface area contributed by atoms with Crippen LogP contribution in [0.4, 0.5) is 17.1 Å². The topological polar surface area (TPSA) is 84.2 Å². The Bertz CT molecular complexity index is 885. The molecule has 152 valence electrons. The molecular weight excluding hydrogens is 362 g/mol. The minimum absolute atomic E-state index is 0.0169. The monoisotopic (exact) mass is 391 g/mol. The molecule has 0 saturated heterocycles. The lowest BCUT2D eigenvalue weighted by atomic mass is 9.86. The highest BCUT2D eigenvalue weighted by atomic mass is 16.2. The van der Waals surface area contributed by atoms with Crippen LogP contribution in [0.3, 0.4) is 0 Å². The van der Waals surface area contributed by atoms with E-state index in [4.69, 9.17) is 5.73 Å². The van der Waals surface area contributed by atoms with E-state index in [-0.39, 0.29) is 11.8 Å². The zero-order valence-corrected chi connectivity index (χ0v) is 16.7. The molecule has 5 nitrogen and oxygen atoms in total. The first kappa shape index (κ1) is 20.6. The smallest absolute Gasteiger partial charge is 0.255 e. The second kappa shape index (κ2) is 9.92. The first-order valence-electron chi connectivity index (χ1n) is 10.3. The Kier molecular flexibility index (Phi) is 7.06. The van der Waals surface area contributed by atoms with Gasteiger partial charge in [-0.15, -0.1) is 0 Å². The quantitative estimate of drug-likeness (QED) is 0.447. The van der Waals surface area contributed by atoms with Crippen molar-refractivity contribution in [1.82, 2.24) is 0 Å². The van der Waals surface area contributed by atoms with Gasteiger partial charge in [-0.1, -0.05) is 56.9 Å². The maximum Gasteiger partial charge on any atom is 0.255 e. The molecule has 1 aliphatic carbocycles. The van der Waals surface area contributed by atoms with E-state index in [1.54, 1.807) is 42.5 Å². The van der Waals surface area contributed by atoms with Gasteiger partial charge in [0.2, 0.25) is 5.91 Å². The van der Waals surface area contributed by atoms with Crippen LogP contribution in [0.15, 0.2) is 55.1 Å². The number of nitrogen functional groups attached to an aromatic ring is 1. The molecule has 2 amide bonds. The highest BCUT2D eigenvalue weighted by Crippen LogP contribution is 2.27. The highest BCUT2D eigenvalue weighted by molar-refractivity contribution is 6.24. The molecule has 1 saturated carbocycles. The summed E-state index contributed by atoms with van der Waals surface area (Å²) in [5, 5.41) is 5.76. The summed E-state index contributed by atoms with van der Waals surface area (Å²) in [6, 6.07) is 14.2. The molecule has 2 aromatic rings. The number of benzene rings is 2. The van der Waals surface area contributed by atoms with Crippen LogP contribution in [0, 0.1) is 5.92 Å². The molecule has 4 N–H and O–H groups in total. The average Bonchev–Trinajstić information content (AvgIpc) is 2.72. The molecule has 0 unspecified atom stereocenters. The number of hydrogen-bond acceptors (Lipinski definition) is 3. The van der Waals surface area contributed by atoms with E-state index in [9.17, 15) is 9.59 Å². The van der Waals surface area contributed by atoms with E-state index >= 15 is 0 Å². The number of carbonyl (C=O) groups is 2. The van der Waals surface area contributed by atoms with Crippen LogP contribution < -0.4 is 16.4 Å². The van der Waals surface area contributed by atoms with Crippen molar-refractivity contribution in [2.75, 3.05) is 16.4 Å². The van der Waals surface area contributed by atoms with Crippen LogP contribution in [-0.4, -0.2) is 11.8 Å². The summed E-state index contributed by atoms with van der Waals surface area (Å²) in [4.78, 5) is 24.8. The van der Waals surface area contributed by atoms with Gasteiger partial charge in [-0.25, -0.2) is 0 Å². The summed E-state index contributed by atoms with van der Waals surface area (Å²) in [6.07, 6.45) is 7.86. The zero-order chi connectivity index (χ0) is 20.6. The molecule has 1 fully saturated rings. The van der Waals surface area contributed by atoms with Crippen molar-refractivity contribution in [3.8, 4) is 0 Å². The number of carbonyl (C=O) groups excluding carboxylic acids is 2. The molecule has 0 spiro atoms. The van der Waals surface area contributed by atoms with Crippen LogP contribution in [0.25, 0.3) is 5.57 Å². The standard InChI is InChI=1S/C24H29N3O2/c1-17(19-9-5-10-20(25)15-19)24(29)27-22-12-6-11-21(16-22)26-23(28)14-13-18-7-3-2-4-8-18/h5-6,9-12,15-16,18H,1-4,7-8,13-14,25H2,(H,26,28)(H,27,29). The van der Waals surface area contributed by atoms with Crippen molar-refractivity contribution >= 4 is 34.4 Å². The molecule has 5 heteroatoms. The van der Waals surface area contributed by atoms with Gasteiger partial charge in [-0.3, -0.25) is 9.59 Å². The van der Waals surface area contributed by atoms with E-state index in [0.717, 1.165) is 6.42 Å². The lowest BCUT2D eigenvalue weighted by molar-refractivity contribution is -0.116. The number of anilines is 3. The number of nitrogens with two attached hydrogens (primary N) is 1. The van der Waals surface area contributed by atoms with Gasteiger partial charge in [0.05, 0.1) is 0 Å². The maximum atomic E-state index is 12.5. The molecule has 3 rings (SSSR count). The van der Waals surface area contributed by atoms with Crippen molar-refractivity contribution in [3.63, 3.8) is 0 Å². The van der Waals surface area contributed by atoms with Crippen molar-refractivity contribution in [3.05, 3.63) is 60.7 Å². The van der Waals surface area contributed by atoms with Gasteiger partial charge in [0.25, 0.3) is 5.91 Å². The summed E-state index contributed by atoms with van der Waals surface area (Å²) in [7, 11) is 0. The minimum atomic E-state index is -0.309. The number of hydrogen-bond donors (Lipinski definition) is 3. The normalized spacial score (nSPS) is 14.2. The third kappa shape index (κ3) is 6.21. The molecule has 1 aliphatic rings. The Morgan fingerprint density at radius 3 is 2.38 bits per heavy atom. The van der Waals surface area contributed by atoms with E-state index in [1.165, 1.54) is 32.1 Å². The van der Waals surface area contributed by atoms with E-state index in [2.05, 4.69) is 17.2 Å². The SMILES string of the molecule is C=C(C(=O)Nc1cccc(NC(=O)CCC2CCCCC2)c1)c1cccc(N)c1. The van der Waals surface area contributed by atoms with Crippen LogP contribution in [0.2, 0.25) is 0 Å². The van der Waals surface area contributed by atoms with Crippen molar-refractivity contribution < 1.29 is 9.59 Å². The second-order valence-corrected chi connectivity index (χ2v) is 7.73. The van der Waals surface area contributed by atoms with Gasteiger partial charge < -0.3 is 16.4 Å². The minimum Gasteiger partial charge on any atom is -0.399 e. The molecule has 0 bridgehead atoms. The molecule has 0 aromatic heterocycles. The summed E-state index contributed by atoms with van der Waals surface area (Å²) < 4.78 is 0. The van der Waals surface area contributed by atoms with E-state index < -0.39 is 0 Å². The fraction of sp³-hybridized carbons (Fsp3) is 0.333. The van der Waals surface area contributed by atoms with Gasteiger partial charge in [-0.2, -0.15) is 0 Å². The summed E-state index contributed by atoms with van der Waals surface area (Å²) in [5.41, 5.74) is 8.64. The van der Waals surface area contributed by atoms with Crippen molar-refractivity contribution in [2.45, 2.75) is 44.9 Å². The van der Waals surface area contributed by atoms with Crippen LogP contribution in [-0.2, 0) is 9.59 Å². The molecule has 0 radical (unpaired) electrons. The molecule has 2 aromatic carbocycles. The zero-order valence-electron chi connectivity index (χ0n) is 16.7. The molecule has 29 heavy (non-hydrogen) atoms. The Morgan fingerprint density at radius 2 is 1.66 bits per heavy atom. The molecule has 0 atom stereocenters. The molecule has 0 aliphatic heterocycles. The van der Waals surface area contributed by atoms with Crippen LogP contribution in [0.5, 0.6) is 0 Å². The second-order valence-electron chi connectivity index (χ2n) is 7.73. The highest BCUT2D eigenvalue weighted by Gasteiger charge is 2.15. The Morgan fingerprint density at radius 1 is 0.966 bits per heavy atom. The van der Waals surface area contributed by atoms with Gasteiger partial charge in [0, 0.05) is 29.1 Å². The van der Waals surface area contributed by atoms with Crippen LogP contribution in [0.1, 0.15) is 50.5 Å². The molecule has 0 heterocycles. The molecular formula is C24H29N3O2. The number of rotatable bonds is 7. The van der Waals surface area contributed by atoms with E-state index in [0.29, 0.717) is 40.5 Å². The third-order valence-electron chi connectivity index (χ3n) is 5.42. The van der Waals surface area contributed by atoms with E-state index in [1.807, 2.05) is 6.07 Å². The lowest BCUT2D eigenvalue weighted by Crippen LogP contribution is -2.16.